The molecule has 1 aromatic carbocycles. The van der Waals surface area contributed by atoms with E-state index in [4.69, 9.17) is 5.73 Å². The lowest BCUT2D eigenvalue weighted by molar-refractivity contribution is 0.490. The van der Waals surface area contributed by atoms with Gasteiger partial charge in [0.25, 0.3) is 0 Å². The zero-order chi connectivity index (χ0) is 14.6. The number of rotatable bonds is 5. The second-order valence-electron chi connectivity index (χ2n) is 5.48. The highest BCUT2D eigenvalue weighted by Gasteiger charge is 2.09. The first kappa shape index (κ1) is 14.9. The summed E-state index contributed by atoms with van der Waals surface area (Å²) in [6.07, 6.45) is 0.878. The number of aromatic nitrogens is 2. The number of halogens is 1. The topological polar surface area (TPSA) is 63.8 Å². The molecule has 2 aromatic rings. The minimum absolute atomic E-state index is 0.169. The molecule has 0 fully saturated rings. The fourth-order valence-corrected chi connectivity index (χ4v) is 1.98. The van der Waals surface area contributed by atoms with Crippen LogP contribution in [0, 0.1) is 0 Å². The van der Waals surface area contributed by atoms with E-state index in [2.05, 4.69) is 31.4 Å². The minimum Gasteiger partial charge on any atom is -0.369 e. The SMILES string of the molecule is CC(C)(N)CCNc1ccc(-c2ccc(Br)cc2)nn1. The molecule has 5 heteroatoms. The molecule has 3 N–H and O–H groups in total. The highest BCUT2D eigenvalue weighted by Crippen LogP contribution is 2.20. The summed E-state index contributed by atoms with van der Waals surface area (Å²) in [6, 6.07) is 11.9. The normalized spacial score (nSPS) is 11.4. The van der Waals surface area contributed by atoms with Crippen LogP contribution < -0.4 is 11.1 Å². The molecule has 106 valence electrons. The Bertz CT molecular complexity index is 544. The van der Waals surface area contributed by atoms with Gasteiger partial charge in [0.2, 0.25) is 0 Å². The van der Waals surface area contributed by atoms with Crippen LogP contribution in [0.4, 0.5) is 5.82 Å². The molecule has 0 aliphatic heterocycles. The van der Waals surface area contributed by atoms with Gasteiger partial charge < -0.3 is 11.1 Å². The number of nitrogens with two attached hydrogens (primary N) is 1. The molecule has 0 aliphatic rings. The predicted molar refractivity (Wildman–Crippen MR) is 86.5 cm³/mol. The number of hydrogen-bond donors (Lipinski definition) is 2. The van der Waals surface area contributed by atoms with E-state index in [0.717, 1.165) is 34.5 Å². The number of hydrogen-bond acceptors (Lipinski definition) is 4. The Morgan fingerprint density at radius 3 is 2.35 bits per heavy atom. The summed E-state index contributed by atoms with van der Waals surface area (Å²) in [5, 5.41) is 11.6. The largest absolute Gasteiger partial charge is 0.369 e. The van der Waals surface area contributed by atoms with Crippen molar-refractivity contribution in [2.45, 2.75) is 25.8 Å². The van der Waals surface area contributed by atoms with Gasteiger partial charge in [-0.05, 0) is 44.5 Å². The first-order valence-electron chi connectivity index (χ1n) is 6.56. The van der Waals surface area contributed by atoms with E-state index in [-0.39, 0.29) is 5.54 Å². The quantitative estimate of drug-likeness (QED) is 0.878. The van der Waals surface area contributed by atoms with Gasteiger partial charge in [-0.3, -0.25) is 0 Å². The second-order valence-corrected chi connectivity index (χ2v) is 6.39. The molecule has 1 aromatic heterocycles. The Kier molecular flexibility index (Phi) is 4.73. The van der Waals surface area contributed by atoms with Crippen LogP contribution in [0.15, 0.2) is 40.9 Å². The van der Waals surface area contributed by atoms with Gasteiger partial charge in [-0.1, -0.05) is 28.1 Å². The van der Waals surface area contributed by atoms with Crippen LogP contribution >= 0.6 is 15.9 Å². The second kappa shape index (κ2) is 6.33. The van der Waals surface area contributed by atoms with Gasteiger partial charge in [-0.15, -0.1) is 10.2 Å². The maximum absolute atomic E-state index is 5.93. The first-order valence-corrected chi connectivity index (χ1v) is 7.36. The molecule has 0 atom stereocenters. The molecule has 1 heterocycles. The maximum atomic E-state index is 5.93. The van der Waals surface area contributed by atoms with Gasteiger partial charge in [-0.2, -0.15) is 0 Å². The van der Waals surface area contributed by atoms with Crippen molar-refractivity contribution >= 4 is 21.7 Å². The van der Waals surface area contributed by atoms with Crippen molar-refractivity contribution in [2.24, 2.45) is 5.73 Å². The lowest BCUT2D eigenvalue weighted by Gasteiger charge is -2.18. The van der Waals surface area contributed by atoms with Crippen LogP contribution in [0.1, 0.15) is 20.3 Å². The summed E-state index contributed by atoms with van der Waals surface area (Å²) < 4.78 is 1.05. The molecule has 0 spiro atoms. The highest BCUT2D eigenvalue weighted by atomic mass is 79.9. The van der Waals surface area contributed by atoms with Crippen LogP contribution in [0.25, 0.3) is 11.3 Å². The Labute approximate surface area is 127 Å². The average molecular weight is 335 g/mol. The fraction of sp³-hybridized carbons (Fsp3) is 0.333. The van der Waals surface area contributed by atoms with E-state index in [1.807, 2.05) is 50.2 Å². The zero-order valence-corrected chi connectivity index (χ0v) is 13.3. The summed E-state index contributed by atoms with van der Waals surface area (Å²) in [7, 11) is 0. The third-order valence-corrected chi connectivity index (χ3v) is 3.41. The highest BCUT2D eigenvalue weighted by molar-refractivity contribution is 9.10. The van der Waals surface area contributed by atoms with E-state index in [1.165, 1.54) is 0 Å². The van der Waals surface area contributed by atoms with Gasteiger partial charge in [0.1, 0.15) is 5.82 Å². The van der Waals surface area contributed by atoms with Crippen molar-refractivity contribution < 1.29 is 0 Å². The molecule has 0 saturated heterocycles. The lowest BCUT2D eigenvalue weighted by Crippen LogP contribution is -2.34. The molecule has 0 unspecified atom stereocenters. The van der Waals surface area contributed by atoms with Crippen molar-refractivity contribution in [2.75, 3.05) is 11.9 Å². The van der Waals surface area contributed by atoms with Crippen LogP contribution in [-0.4, -0.2) is 22.3 Å². The number of benzene rings is 1. The van der Waals surface area contributed by atoms with Gasteiger partial charge >= 0.3 is 0 Å². The van der Waals surface area contributed by atoms with E-state index < -0.39 is 0 Å². The van der Waals surface area contributed by atoms with Crippen LogP contribution in [0.3, 0.4) is 0 Å². The van der Waals surface area contributed by atoms with E-state index >= 15 is 0 Å². The molecule has 4 nitrogen and oxygen atoms in total. The summed E-state index contributed by atoms with van der Waals surface area (Å²) >= 11 is 3.42. The van der Waals surface area contributed by atoms with Gasteiger partial charge in [0.05, 0.1) is 5.69 Å². The lowest BCUT2D eigenvalue weighted by atomic mass is 10.0. The first-order chi connectivity index (χ1) is 9.44. The van der Waals surface area contributed by atoms with Crippen molar-refractivity contribution in [3.8, 4) is 11.3 Å². The average Bonchev–Trinajstić information content (AvgIpc) is 2.39. The van der Waals surface area contributed by atoms with Crippen molar-refractivity contribution in [1.29, 1.82) is 0 Å². The Balaban J connectivity index is 1.98. The molecule has 20 heavy (non-hydrogen) atoms. The third kappa shape index (κ3) is 4.58. The molecule has 0 amide bonds. The standard InChI is InChI=1S/C15H19BrN4/c1-15(2,17)9-10-18-14-8-7-13(19-20-14)11-3-5-12(16)6-4-11/h3-8H,9-10,17H2,1-2H3,(H,18,20). The Morgan fingerprint density at radius 2 is 1.80 bits per heavy atom. The van der Waals surface area contributed by atoms with E-state index in [0.29, 0.717) is 0 Å². The molecule has 0 saturated carbocycles. The third-order valence-electron chi connectivity index (χ3n) is 2.88. The summed E-state index contributed by atoms with van der Waals surface area (Å²) in [6.45, 7) is 4.81. The molecule has 2 rings (SSSR count). The summed E-state index contributed by atoms with van der Waals surface area (Å²) in [4.78, 5) is 0. The van der Waals surface area contributed by atoms with Crippen LogP contribution in [0.5, 0.6) is 0 Å². The fourth-order valence-electron chi connectivity index (χ4n) is 1.71. The minimum atomic E-state index is -0.169. The van der Waals surface area contributed by atoms with Gasteiger partial charge in [0.15, 0.2) is 0 Å². The number of anilines is 1. The molecule has 0 bridgehead atoms. The summed E-state index contributed by atoms with van der Waals surface area (Å²) in [5.41, 5.74) is 7.68. The van der Waals surface area contributed by atoms with Crippen LogP contribution in [0.2, 0.25) is 0 Å². The van der Waals surface area contributed by atoms with Crippen molar-refractivity contribution in [3.63, 3.8) is 0 Å². The summed E-state index contributed by atoms with van der Waals surface area (Å²) in [5.74, 6) is 0.773. The Morgan fingerprint density at radius 1 is 1.10 bits per heavy atom. The van der Waals surface area contributed by atoms with Gasteiger partial charge in [0, 0.05) is 22.1 Å². The smallest absolute Gasteiger partial charge is 0.148 e. The monoisotopic (exact) mass is 334 g/mol. The molecule has 0 aliphatic carbocycles. The van der Waals surface area contributed by atoms with E-state index in [9.17, 15) is 0 Å². The van der Waals surface area contributed by atoms with Crippen molar-refractivity contribution in [1.82, 2.24) is 10.2 Å². The molecule has 0 radical (unpaired) electrons. The zero-order valence-electron chi connectivity index (χ0n) is 11.7. The maximum Gasteiger partial charge on any atom is 0.148 e. The molecular formula is C15H19BrN4. The van der Waals surface area contributed by atoms with Gasteiger partial charge in [-0.25, -0.2) is 0 Å². The Hall–Kier alpha value is -1.46. The van der Waals surface area contributed by atoms with E-state index in [1.54, 1.807) is 0 Å². The number of nitrogens with one attached hydrogen (secondary N) is 1. The molecular weight excluding hydrogens is 316 g/mol. The van der Waals surface area contributed by atoms with Crippen molar-refractivity contribution in [3.05, 3.63) is 40.9 Å². The predicted octanol–water partition coefficient (Wildman–Crippen LogP) is 3.45. The number of nitrogens with zero attached hydrogens (tertiary/aromatic N) is 2. The van der Waals surface area contributed by atoms with Crippen LogP contribution in [-0.2, 0) is 0 Å².